The van der Waals surface area contributed by atoms with E-state index in [0.29, 0.717) is 13.2 Å². The van der Waals surface area contributed by atoms with E-state index in [0.717, 1.165) is 23.5 Å². The van der Waals surface area contributed by atoms with Crippen LogP contribution in [0.5, 0.6) is 5.75 Å². The van der Waals surface area contributed by atoms with Crippen molar-refractivity contribution >= 4 is 34.0 Å². The van der Waals surface area contributed by atoms with Crippen LogP contribution in [0, 0.1) is 0 Å². The highest BCUT2D eigenvalue weighted by Crippen LogP contribution is 2.36. The van der Waals surface area contributed by atoms with E-state index in [1.165, 1.54) is 21.5 Å². The number of ether oxygens (including phenoxy) is 1. The molecule has 2 amide bonds. The van der Waals surface area contributed by atoms with Crippen LogP contribution in [-0.2, 0) is 13.1 Å². The highest BCUT2D eigenvalue weighted by molar-refractivity contribution is 7.13. The Labute approximate surface area is 180 Å². The number of nitrogens with zero attached hydrogens (tertiary/aromatic N) is 1. The van der Waals surface area contributed by atoms with E-state index >= 15 is 0 Å². The molecule has 0 spiro atoms. The Morgan fingerprint density at radius 3 is 2.53 bits per heavy atom. The lowest BCUT2D eigenvalue weighted by Gasteiger charge is -2.11. The zero-order valence-corrected chi connectivity index (χ0v) is 18.0. The molecule has 2 N–H and O–H groups in total. The number of carbonyl (C=O) groups excluding carboxylic acids is 1. The number of anilines is 1. The monoisotopic (exact) mass is 419 g/mol. The Hall–Kier alpha value is -3.25. The largest absolute Gasteiger partial charge is 0.494 e. The molecule has 0 aliphatic rings. The minimum Gasteiger partial charge on any atom is -0.494 e. The number of aromatic nitrogens is 1. The molecule has 5 nitrogen and oxygen atoms in total. The lowest BCUT2D eigenvalue weighted by Crippen LogP contribution is -2.28. The topological polar surface area (TPSA) is 55.3 Å². The van der Waals surface area contributed by atoms with Crippen molar-refractivity contribution < 1.29 is 9.53 Å². The first-order chi connectivity index (χ1) is 14.7. The van der Waals surface area contributed by atoms with Gasteiger partial charge in [-0.25, -0.2) is 4.79 Å². The maximum Gasteiger partial charge on any atom is 0.319 e. The molecule has 30 heavy (non-hydrogen) atoms. The van der Waals surface area contributed by atoms with Gasteiger partial charge in [0.05, 0.1) is 17.2 Å². The van der Waals surface area contributed by atoms with Gasteiger partial charge >= 0.3 is 6.03 Å². The van der Waals surface area contributed by atoms with Crippen LogP contribution in [0.15, 0.2) is 66.0 Å². The number of benzene rings is 2. The van der Waals surface area contributed by atoms with Crippen molar-refractivity contribution in [2.75, 3.05) is 11.9 Å². The number of fused-ring (bicyclic) bond motifs is 1. The smallest absolute Gasteiger partial charge is 0.319 e. The maximum absolute atomic E-state index is 12.5. The number of carbonyl (C=O) groups is 1. The average molecular weight is 420 g/mol. The Kier molecular flexibility index (Phi) is 6.05. The number of amides is 2. The first-order valence-corrected chi connectivity index (χ1v) is 11.0. The first kappa shape index (κ1) is 20.0. The van der Waals surface area contributed by atoms with Crippen molar-refractivity contribution in [3.63, 3.8) is 0 Å². The predicted octanol–water partition coefficient (Wildman–Crippen LogP) is 6.11. The van der Waals surface area contributed by atoms with Gasteiger partial charge in [-0.05, 0) is 55.6 Å². The molecule has 0 bridgehead atoms. The second-order valence-electron chi connectivity index (χ2n) is 6.83. The Morgan fingerprint density at radius 2 is 1.83 bits per heavy atom. The summed E-state index contributed by atoms with van der Waals surface area (Å²) in [6.45, 7) is 6.03. The van der Waals surface area contributed by atoms with Gasteiger partial charge in [0.25, 0.3) is 0 Å². The molecule has 0 aliphatic heterocycles. The van der Waals surface area contributed by atoms with Crippen LogP contribution >= 0.6 is 11.3 Å². The Balaban J connectivity index is 1.56. The summed E-state index contributed by atoms with van der Waals surface area (Å²) in [7, 11) is 0. The molecule has 4 rings (SSSR count). The average Bonchev–Trinajstić information content (AvgIpc) is 3.39. The summed E-state index contributed by atoms with van der Waals surface area (Å²) in [6, 6.07) is 19.7. The number of hydrogen-bond donors (Lipinski definition) is 2. The predicted molar refractivity (Wildman–Crippen MR) is 124 cm³/mol. The van der Waals surface area contributed by atoms with E-state index in [1.54, 1.807) is 11.3 Å². The molecule has 0 radical (unpaired) electrons. The highest BCUT2D eigenvalue weighted by Gasteiger charge is 2.18. The summed E-state index contributed by atoms with van der Waals surface area (Å²) in [5.41, 5.74) is 4.23. The molecule has 2 aromatic carbocycles. The summed E-state index contributed by atoms with van der Waals surface area (Å²) in [5.74, 6) is 0.788. The number of rotatable bonds is 7. The summed E-state index contributed by atoms with van der Waals surface area (Å²) in [5, 5.41) is 9.18. The molecular weight excluding hydrogens is 394 g/mol. The summed E-state index contributed by atoms with van der Waals surface area (Å²) >= 11 is 1.72. The van der Waals surface area contributed by atoms with Gasteiger partial charge in [0.1, 0.15) is 5.75 Å². The first-order valence-electron chi connectivity index (χ1n) is 10.1. The number of para-hydroxylation sites is 1. The van der Waals surface area contributed by atoms with Crippen molar-refractivity contribution in [1.29, 1.82) is 0 Å². The van der Waals surface area contributed by atoms with Crippen molar-refractivity contribution in [3.8, 4) is 16.3 Å². The summed E-state index contributed by atoms with van der Waals surface area (Å²) < 4.78 is 7.77. The van der Waals surface area contributed by atoms with Gasteiger partial charge in [-0.2, -0.15) is 0 Å². The summed E-state index contributed by atoms with van der Waals surface area (Å²) in [6.07, 6.45) is 0. The van der Waals surface area contributed by atoms with Crippen LogP contribution in [0.1, 0.15) is 19.4 Å². The van der Waals surface area contributed by atoms with Crippen molar-refractivity contribution in [2.24, 2.45) is 0 Å². The van der Waals surface area contributed by atoms with Gasteiger partial charge in [0.2, 0.25) is 0 Å². The van der Waals surface area contributed by atoms with Gasteiger partial charge in [-0.15, -0.1) is 11.3 Å². The molecular formula is C24H25N3O2S. The van der Waals surface area contributed by atoms with Crippen LogP contribution in [0.3, 0.4) is 0 Å². The van der Waals surface area contributed by atoms with Crippen molar-refractivity contribution in [2.45, 2.75) is 26.9 Å². The van der Waals surface area contributed by atoms with Crippen LogP contribution < -0.4 is 15.4 Å². The molecule has 0 saturated carbocycles. The van der Waals surface area contributed by atoms with Gasteiger partial charge in [0, 0.05) is 35.2 Å². The number of thiophene rings is 1. The Morgan fingerprint density at radius 1 is 1.03 bits per heavy atom. The van der Waals surface area contributed by atoms with Crippen LogP contribution in [0.25, 0.3) is 21.5 Å². The fraction of sp³-hybridized carbons (Fsp3) is 0.208. The quantitative estimate of drug-likeness (QED) is 0.380. The molecule has 0 atom stereocenters. The molecule has 0 fully saturated rings. The molecule has 154 valence electrons. The van der Waals surface area contributed by atoms with Gasteiger partial charge < -0.3 is 19.9 Å². The van der Waals surface area contributed by atoms with E-state index in [-0.39, 0.29) is 6.03 Å². The highest BCUT2D eigenvalue weighted by atomic mass is 32.1. The molecule has 2 aromatic heterocycles. The number of hydrogen-bond acceptors (Lipinski definition) is 3. The minimum absolute atomic E-state index is 0.232. The zero-order valence-electron chi connectivity index (χ0n) is 17.1. The van der Waals surface area contributed by atoms with Crippen molar-refractivity contribution in [1.82, 2.24) is 9.88 Å². The lowest BCUT2D eigenvalue weighted by molar-refractivity contribution is 0.252. The van der Waals surface area contributed by atoms with Crippen LogP contribution in [0.2, 0.25) is 0 Å². The molecule has 2 heterocycles. The Bertz CT molecular complexity index is 1130. The molecule has 0 aliphatic carbocycles. The van der Waals surface area contributed by atoms with Gasteiger partial charge in [-0.3, -0.25) is 0 Å². The van der Waals surface area contributed by atoms with Crippen LogP contribution in [0.4, 0.5) is 10.5 Å². The zero-order chi connectivity index (χ0) is 20.9. The van der Waals surface area contributed by atoms with Crippen molar-refractivity contribution in [3.05, 3.63) is 71.6 Å². The third-order valence-electron chi connectivity index (χ3n) is 5.00. The molecule has 4 aromatic rings. The fourth-order valence-electron chi connectivity index (χ4n) is 3.72. The number of urea groups is 1. The summed E-state index contributed by atoms with van der Waals surface area (Å²) in [4.78, 5) is 13.8. The second kappa shape index (κ2) is 9.05. The molecule has 0 unspecified atom stereocenters. The third-order valence-corrected chi connectivity index (χ3v) is 5.87. The standard InChI is InChI=1S/C24H25N3O2S/c1-3-27-21-9-6-5-8-19(21)20(23(27)22-10-7-15-30-22)16-25-24(28)26-17-11-13-18(14-12-17)29-4-2/h5-15H,3-4,16H2,1-2H3,(H2,25,26,28). The van der Waals surface area contributed by atoms with E-state index in [9.17, 15) is 4.79 Å². The van der Waals surface area contributed by atoms with E-state index in [1.807, 2.05) is 37.3 Å². The molecule has 6 heteroatoms. The van der Waals surface area contributed by atoms with E-state index in [4.69, 9.17) is 4.74 Å². The van der Waals surface area contributed by atoms with E-state index in [2.05, 4.69) is 57.8 Å². The number of nitrogens with one attached hydrogen (secondary N) is 2. The maximum atomic E-state index is 12.5. The van der Waals surface area contributed by atoms with Crippen LogP contribution in [-0.4, -0.2) is 17.2 Å². The number of aryl methyl sites for hydroxylation is 1. The second-order valence-corrected chi connectivity index (χ2v) is 7.78. The third kappa shape index (κ3) is 4.04. The fourth-order valence-corrected chi connectivity index (χ4v) is 4.53. The normalized spacial score (nSPS) is 10.9. The lowest BCUT2D eigenvalue weighted by atomic mass is 10.1. The van der Waals surface area contributed by atoms with E-state index < -0.39 is 0 Å². The van der Waals surface area contributed by atoms with Gasteiger partial charge in [0.15, 0.2) is 0 Å². The SMILES string of the molecule is CCOc1ccc(NC(=O)NCc2c(-c3cccs3)n(CC)c3ccccc23)cc1. The molecule has 0 saturated heterocycles. The minimum atomic E-state index is -0.232. The van der Waals surface area contributed by atoms with Gasteiger partial charge in [-0.1, -0.05) is 24.3 Å².